The molecule has 1 aromatic heterocycles. The summed E-state index contributed by atoms with van der Waals surface area (Å²) in [7, 11) is 0. The minimum atomic E-state index is -0.630. The number of nitro benzene ring substituents is 1. The lowest BCUT2D eigenvalue weighted by atomic mass is 10.1. The summed E-state index contributed by atoms with van der Waals surface area (Å²) < 4.78 is 5.03. The van der Waals surface area contributed by atoms with Crippen LogP contribution < -0.4 is 0 Å². The Balaban J connectivity index is 2.24. The summed E-state index contributed by atoms with van der Waals surface area (Å²) in [4.78, 5) is 21.9. The van der Waals surface area contributed by atoms with Crippen LogP contribution in [-0.4, -0.2) is 10.7 Å². The molecule has 2 rings (SSSR count). The summed E-state index contributed by atoms with van der Waals surface area (Å²) in [5.41, 5.74) is -0.0992. The van der Waals surface area contributed by atoms with Crippen LogP contribution in [0.4, 0.5) is 5.69 Å². The fourth-order valence-electron chi connectivity index (χ4n) is 1.45. The van der Waals surface area contributed by atoms with Crippen molar-refractivity contribution in [3.8, 4) is 0 Å². The van der Waals surface area contributed by atoms with Gasteiger partial charge in [-0.3, -0.25) is 14.9 Å². The smallest absolute Gasteiger partial charge is 0.288 e. The molecule has 0 radical (unpaired) electrons. The average Bonchev–Trinajstić information content (AvgIpc) is 2.89. The molecule has 1 heterocycles. The van der Waals surface area contributed by atoms with Crippen LogP contribution in [-0.2, 0) is 0 Å². The molecule has 1 aromatic carbocycles. The van der Waals surface area contributed by atoms with Crippen molar-refractivity contribution in [2.75, 3.05) is 0 Å². The topological polar surface area (TPSA) is 73.3 Å². The zero-order valence-corrected chi connectivity index (χ0v) is 10.3. The third-order valence-electron chi connectivity index (χ3n) is 2.37. The molecule has 0 aliphatic carbocycles. The third kappa shape index (κ3) is 3.08. The molecule has 5 nitrogen and oxygen atoms in total. The van der Waals surface area contributed by atoms with Crippen LogP contribution in [0.15, 0.2) is 47.1 Å². The molecule has 0 fully saturated rings. The van der Waals surface area contributed by atoms with Crippen LogP contribution in [0.3, 0.4) is 0 Å². The first-order chi connectivity index (χ1) is 9.08. The van der Waals surface area contributed by atoms with Gasteiger partial charge in [0.25, 0.3) is 5.69 Å². The van der Waals surface area contributed by atoms with E-state index in [2.05, 4.69) is 0 Å². The molecule has 0 aliphatic heterocycles. The van der Waals surface area contributed by atoms with E-state index in [1.807, 2.05) is 0 Å². The molecule has 0 amide bonds. The second-order valence-electron chi connectivity index (χ2n) is 3.64. The number of halogens is 1. The van der Waals surface area contributed by atoms with Crippen LogP contribution in [0.25, 0.3) is 6.08 Å². The summed E-state index contributed by atoms with van der Waals surface area (Å²) in [5, 5.41) is 10.7. The lowest BCUT2D eigenvalue weighted by Gasteiger charge is -1.98. The Morgan fingerprint density at radius 3 is 2.79 bits per heavy atom. The van der Waals surface area contributed by atoms with E-state index in [1.54, 1.807) is 12.1 Å². The summed E-state index contributed by atoms with van der Waals surface area (Å²) in [5.74, 6) is 0.160. The maximum absolute atomic E-state index is 11.8. The monoisotopic (exact) mass is 277 g/mol. The molecule has 0 N–H and O–H groups in total. The normalized spacial score (nSPS) is 10.8. The van der Waals surface area contributed by atoms with Crippen molar-refractivity contribution in [2.45, 2.75) is 0 Å². The molecule has 0 atom stereocenters. The molecule has 0 aliphatic rings. The zero-order chi connectivity index (χ0) is 13.8. The second-order valence-corrected chi connectivity index (χ2v) is 4.04. The van der Waals surface area contributed by atoms with E-state index in [0.717, 1.165) is 6.07 Å². The first-order valence-electron chi connectivity index (χ1n) is 5.28. The lowest BCUT2D eigenvalue weighted by molar-refractivity contribution is -0.384. The van der Waals surface area contributed by atoms with Crippen molar-refractivity contribution in [3.63, 3.8) is 0 Å². The number of hydrogen-bond acceptors (Lipinski definition) is 4. The molecule has 2 aromatic rings. The fourth-order valence-corrected chi connectivity index (χ4v) is 1.63. The minimum Gasteiger partial charge on any atom is -0.465 e. The van der Waals surface area contributed by atoms with Gasteiger partial charge >= 0.3 is 0 Å². The molecule has 19 heavy (non-hydrogen) atoms. The highest BCUT2D eigenvalue weighted by atomic mass is 35.5. The van der Waals surface area contributed by atoms with Crippen LogP contribution in [0.2, 0.25) is 5.02 Å². The number of hydrogen-bond donors (Lipinski definition) is 0. The van der Waals surface area contributed by atoms with Crippen LogP contribution in [0.5, 0.6) is 0 Å². The van der Waals surface area contributed by atoms with Crippen molar-refractivity contribution < 1.29 is 14.1 Å². The van der Waals surface area contributed by atoms with Crippen molar-refractivity contribution in [1.29, 1.82) is 0 Å². The molecular formula is C13H8ClNO4. The predicted octanol–water partition coefficient (Wildman–Crippen LogP) is 3.74. The largest absolute Gasteiger partial charge is 0.465 e. The Labute approximate surface area is 113 Å². The van der Waals surface area contributed by atoms with Crippen molar-refractivity contribution in [2.24, 2.45) is 0 Å². The van der Waals surface area contributed by atoms with Gasteiger partial charge < -0.3 is 4.42 Å². The quantitative estimate of drug-likeness (QED) is 0.369. The van der Waals surface area contributed by atoms with Crippen molar-refractivity contribution >= 4 is 29.1 Å². The molecule has 96 valence electrons. The van der Waals surface area contributed by atoms with Gasteiger partial charge in [-0.05, 0) is 36.4 Å². The third-order valence-corrected chi connectivity index (χ3v) is 2.69. The van der Waals surface area contributed by atoms with E-state index < -0.39 is 4.92 Å². The Morgan fingerprint density at radius 2 is 2.16 bits per heavy atom. The van der Waals surface area contributed by atoms with Crippen LogP contribution in [0, 0.1) is 10.1 Å². The molecule has 0 saturated carbocycles. The summed E-state index contributed by atoms with van der Waals surface area (Å²) in [6, 6.07) is 7.29. The standard InChI is InChI=1S/C13H8ClNO4/c14-11-5-3-9(8-12(11)15(17)18)13(16)6-4-10-2-1-7-19-10/h1-8H/b6-4+. The SMILES string of the molecule is O=C(/C=C/c1ccco1)c1ccc(Cl)c([N+](=O)[O-])c1. The van der Waals surface area contributed by atoms with E-state index in [1.165, 1.54) is 30.5 Å². The number of nitro groups is 1. The maximum Gasteiger partial charge on any atom is 0.288 e. The lowest BCUT2D eigenvalue weighted by Crippen LogP contribution is -1.97. The van der Waals surface area contributed by atoms with Crippen molar-refractivity contribution in [1.82, 2.24) is 0 Å². The average molecular weight is 278 g/mol. The molecule has 0 spiro atoms. The fraction of sp³-hybridized carbons (Fsp3) is 0. The minimum absolute atomic E-state index is 0.00318. The first-order valence-corrected chi connectivity index (χ1v) is 5.65. The highest BCUT2D eigenvalue weighted by molar-refractivity contribution is 6.32. The van der Waals surface area contributed by atoms with Gasteiger partial charge in [0.15, 0.2) is 5.78 Å². The van der Waals surface area contributed by atoms with Gasteiger partial charge in [-0.1, -0.05) is 11.6 Å². The highest BCUT2D eigenvalue weighted by Crippen LogP contribution is 2.25. The number of ketones is 1. The van der Waals surface area contributed by atoms with E-state index in [-0.39, 0.29) is 22.1 Å². The number of carbonyl (C=O) groups is 1. The van der Waals surface area contributed by atoms with Gasteiger partial charge in [0, 0.05) is 11.6 Å². The van der Waals surface area contributed by atoms with Crippen LogP contribution >= 0.6 is 11.6 Å². The van der Waals surface area contributed by atoms with E-state index >= 15 is 0 Å². The predicted molar refractivity (Wildman–Crippen MR) is 70.2 cm³/mol. The number of benzene rings is 1. The Kier molecular flexibility index (Phi) is 3.77. The Morgan fingerprint density at radius 1 is 1.37 bits per heavy atom. The summed E-state index contributed by atoms with van der Waals surface area (Å²) in [6.45, 7) is 0. The zero-order valence-electron chi connectivity index (χ0n) is 9.58. The van der Waals surface area contributed by atoms with E-state index in [9.17, 15) is 14.9 Å². The molecule has 0 saturated heterocycles. The Bertz CT molecular complexity index is 647. The van der Waals surface area contributed by atoms with Gasteiger partial charge in [0.05, 0.1) is 11.2 Å². The van der Waals surface area contributed by atoms with Gasteiger partial charge in [-0.15, -0.1) is 0 Å². The number of rotatable bonds is 4. The van der Waals surface area contributed by atoms with Gasteiger partial charge in [-0.2, -0.15) is 0 Å². The number of allylic oxidation sites excluding steroid dienone is 1. The van der Waals surface area contributed by atoms with Gasteiger partial charge in [0.2, 0.25) is 0 Å². The van der Waals surface area contributed by atoms with E-state index in [0.29, 0.717) is 5.76 Å². The number of nitrogens with zero attached hydrogens (tertiary/aromatic N) is 1. The summed E-state index contributed by atoms with van der Waals surface area (Å²) in [6.07, 6.45) is 4.26. The van der Waals surface area contributed by atoms with Gasteiger partial charge in [0.1, 0.15) is 10.8 Å². The van der Waals surface area contributed by atoms with E-state index in [4.69, 9.17) is 16.0 Å². The van der Waals surface area contributed by atoms with Crippen LogP contribution in [0.1, 0.15) is 16.1 Å². The first kappa shape index (κ1) is 13.0. The summed E-state index contributed by atoms with van der Waals surface area (Å²) >= 11 is 5.67. The molecular weight excluding hydrogens is 270 g/mol. The van der Waals surface area contributed by atoms with Gasteiger partial charge in [-0.25, -0.2) is 0 Å². The maximum atomic E-state index is 11.8. The van der Waals surface area contributed by atoms with Crippen molar-refractivity contribution in [3.05, 3.63) is 69.1 Å². The second kappa shape index (κ2) is 5.49. The Hall–Kier alpha value is -2.40. The molecule has 6 heteroatoms. The number of furan rings is 1. The molecule has 0 bridgehead atoms. The molecule has 0 unspecified atom stereocenters. The number of carbonyl (C=O) groups excluding carboxylic acids is 1. The highest BCUT2D eigenvalue weighted by Gasteiger charge is 2.14.